The number of benzene rings is 1. The summed E-state index contributed by atoms with van der Waals surface area (Å²) in [5.74, 6) is 0.121. The Kier molecular flexibility index (Phi) is 6.34. The molecule has 1 aromatic carbocycles. The second-order valence-corrected chi connectivity index (χ2v) is 5.87. The molecule has 1 heterocycles. The van der Waals surface area contributed by atoms with Crippen molar-refractivity contribution in [3.8, 4) is 0 Å². The van der Waals surface area contributed by atoms with Crippen LogP contribution in [0.4, 0.5) is 0 Å². The minimum Gasteiger partial charge on any atom is -0.355 e. The SMILES string of the molecule is O=C(CCc1cccc(Cl)c1)NC[C@@H]1CCCCCN1. The van der Waals surface area contributed by atoms with Crippen molar-refractivity contribution < 1.29 is 4.79 Å². The molecule has 0 saturated carbocycles. The second kappa shape index (κ2) is 8.28. The number of aryl methyl sites for hydroxylation is 1. The third-order valence-electron chi connectivity index (χ3n) is 3.74. The summed E-state index contributed by atoms with van der Waals surface area (Å²) in [6.07, 6.45) is 6.23. The van der Waals surface area contributed by atoms with Crippen molar-refractivity contribution in [2.24, 2.45) is 0 Å². The van der Waals surface area contributed by atoms with Crippen molar-refractivity contribution in [1.29, 1.82) is 0 Å². The van der Waals surface area contributed by atoms with Crippen LogP contribution >= 0.6 is 11.6 Å². The van der Waals surface area contributed by atoms with Gasteiger partial charge in [-0.25, -0.2) is 0 Å². The monoisotopic (exact) mass is 294 g/mol. The van der Waals surface area contributed by atoms with Crippen LogP contribution in [0.1, 0.15) is 37.7 Å². The maximum absolute atomic E-state index is 11.9. The lowest BCUT2D eigenvalue weighted by molar-refractivity contribution is -0.121. The van der Waals surface area contributed by atoms with Crippen LogP contribution in [0.3, 0.4) is 0 Å². The summed E-state index contributed by atoms with van der Waals surface area (Å²) in [5.41, 5.74) is 1.11. The van der Waals surface area contributed by atoms with Crippen molar-refractivity contribution in [2.75, 3.05) is 13.1 Å². The first-order chi connectivity index (χ1) is 9.74. The van der Waals surface area contributed by atoms with Crippen molar-refractivity contribution >= 4 is 17.5 Å². The quantitative estimate of drug-likeness (QED) is 0.877. The van der Waals surface area contributed by atoms with Gasteiger partial charge in [0.05, 0.1) is 0 Å². The summed E-state index contributed by atoms with van der Waals surface area (Å²) >= 11 is 5.93. The number of carbonyl (C=O) groups is 1. The Balaban J connectivity index is 1.67. The summed E-state index contributed by atoms with van der Waals surface area (Å²) in [7, 11) is 0. The Bertz CT molecular complexity index is 428. The van der Waals surface area contributed by atoms with Gasteiger partial charge in [-0.15, -0.1) is 0 Å². The molecule has 1 aromatic rings. The van der Waals surface area contributed by atoms with Crippen LogP contribution in [-0.2, 0) is 11.2 Å². The first kappa shape index (κ1) is 15.3. The van der Waals surface area contributed by atoms with E-state index in [2.05, 4.69) is 10.6 Å². The lowest BCUT2D eigenvalue weighted by Gasteiger charge is -2.16. The van der Waals surface area contributed by atoms with Gasteiger partial charge in [-0.2, -0.15) is 0 Å². The zero-order chi connectivity index (χ0) is 14.2. The first-order valence-corrected chi connectivity index (χ1v) is 7.86. The largest absolute Gasteiger partial charge is 0.355 e. The molecule has 4 heteroatoms. The van der Waals surface area contributed by atoms with Gasteiger partial charge in [0.15, 0.2) is 0 Å². The maximum atomic E-state index is 11.9. The van der Waals surface area contributed by atoms with E-state index in [1.165, 1.54) is 19.3 Å². The van der Waals surface area contributed by atoms with Gasteiger partial charge in [0.1, 0.15) is 0 Å². The van der Waals surface area contributed by atoms with Gasteiger partial charge in [0.2, 0.25) is 5.91 Å². The Morgan fingerprint density at radius 3 is 3.10 bits per heavy atom. The Morgan fingerprint density at radius 2 is 2.25 bits per heavy atom. The number of halogens is 1. The van der Waals surface area contributed by atoms with Crippen molar-refractivity contribution in [3.63, 3.8) is 0 Å². The third-order valence-corrected chi connectivity index (χ3v) is 3.97. The van der Waals surface area contributed by atoms with Crippen LogP contribution < -0.4 is 10.6 Å². The van der Waals surface area contributed by atoms with Crippen LogP contribution in [0, 0.1) is 0 Å². The minimum atomic E-state index is 0.121. The summed E-state index contributed by atoms with van der Waals surface area (Å²) in [4.78, 5) is 11.9. The third kappa shape index (κ3) is 5.51. The molecule has 0 radical (unpaired) electrons. The van der Waals surface area contributed by atoms with Gasteiger partial charge in [0, 0.05) is 24.0 Å². The van der Waals surface area contributed by atoms with Gasteiger partial charge in [-0.1, -0.05) is 36.6 Å². The number of carbonyl (C=O) groups excluding carboxylic acids is 1. The van der Waals surface area contributed by atoms with Crippen LogP contribution in [0.25, 0.3) is 0 Å². The molecule has 0 unspecified atom stereocenters. The molecule has 1 amide bonds. The van der Waals surface area contributed by atoms with Gasteiger partial charge < -0.3 is 10.6 Å². The standard InChI is InChI=1S/C16H23ClN2O/c17-14-6-4-5-13(11-14)8-9-16(20)19-12-15-7-2-1-3-10-18-15/h4-6,11,15,18H,1-3,7-10,12H2,(H,19,20)/t15-/m0/s1. The van der Waals surface area contributed by atoms with E-state index in [0.29, 0.717) is 12.5 Å². The molecule has 3 nitrogen and oxygen atoms in total. The van der Waals surface area contributed by atoms with Crippen LogP contribution in [-0.4, -0.2) is 25.0 Å². The lowest BCUT2D eigenvalue weighted by Crippen LogP contribution is -2.40. The van der Waals surface area contributed by atoms with E-state index in [0.717, 1.165) is 36.5 Å². The maximum Gasteiger partial charge on any atom is 0.220 e. The fraction of sp³-hybridized carbons (Fsp3) is 0.562. The average molecular weight is 295 g/mol. The van der Waals surface area contributed by atoms with E-state index in [4.69, 9.17) is 11.6 Å². The molecule has 0 aliphatic carbocycles. The zero-order valence-electron chi connectivity index (χ0n) is 11.8. The summed E-state index contributed by atoms with van der Waals surface area (Å²) in [6.45, 7) is 1.82. The van der Waals surface area contributed by atoms with E-state index in [1.54, 1.807) is 0 Å². The van der Waals surface area contributed by atoms with E-state index in [1.807, 2.05) is 24.3 Å². The lowest BCUT2D eigenvalue weighted by atomic mass is 10.1. The average Bonchev–Trinajstić information content (AvgIpc) is 2.71. The predicted octanol–water partition coefficient (Wildman–Crippen LogP) is 2.92. The highest BCUT2D eigenvalue weighted by Crippen LogP contribution is 2.12. The summed E-state index contributed by atoms with van der Waals surface area (Å²) in [5, 5.41) is 7.24. The number of hydrogen-bond acceptors (Lipinski definition) is 2. The molecule has 20 heavy (non-hydrogen) atoms. The predicted molar refractivity (Wildman–Crippen MR) is 83.0 cm³/mol. The fourth-order valence-corrected chi connectivity index (χ4v) is 2.76. The van der Waals surface area contributed by atoms with E-state index in [9.17, 15) is 4.79 Å². The highest BCUT2D eigenvalue weighted by atomic mass is 35.5. The molecule has 1 saturated heterocycles. The number of rotatable bonds is 5. The smallest absolute Gasteiger partial charge is 0.220 e. The summed E-state index contributed by atoms with van der Waals surface area (Å²) < 4.78 is 0. The van der Waals surface area contributed by atoms with Crippen LogP contribution in [0.15, 0.2) is 24.3 Å². The Morgan fingerprint density at radius 1 is 1.35 bits per heavy atom. The second-order valence-electron chi connectivity index (χ2n) is 5.43. The van der Waals surface area contributed by atoms with Crippen molar-refractivity contribution in [3.05, 3.63) is 34.9 Å². The molecule has 1 atom stereocenters. The van der Waals surface area contributed by atoms with Gasteiger partial charge in [0.25, 0.3) is 0 Å². The van der Waals surface area contributed by atoms with E-state index in [-0.39, 0.29) is 5.91 Å². The van der Waals surface area contributed by atoms with Gasteiger partial charge >= 0.3 is 0 Å². The molecule has 110 valence electrons. The van der Waals surface area contributed by atoms with Gasteiger partial charge in [-0.3, -0.25) is 4.79 Å². The molecule has 0 bridgehead atoms. The molecule has 2 rings (SSSR count). The molecule has 0 aromatic heterocycles. The van der Waals surface area contributed by atoms with Crippen molar-refractivity contribution in [1.82, 2.24) is 10.6 Å². The molecule has 2 N–H and O–H groups in total. The molecular weight excluding hydrogens is 272 g/mol. The number of amides is 1. The van der Waals surface area contributed by atoms with E-state index < -0.39 is 0 Å². The highest BCUT2D eigenvalue weighted by molar-refractivity contribution is 6.30. The number of nitrogens with one attached hydrogen (secondary N) is 2. The van der Waals surface area contributed by atoms with Gasteiger partial charge in [-0.05, 0) is 43.5 Å². The molecule has 1 fully saturated rings. The molecular formula is C16H23ClN2O. The van der Waals surface area contributed by atoms with Crippen LogP contribution in [0.2, 0.25) is 5.02 Å². The Hall–Kier alpha value is -1.06. The molecule has 1 aliphatic rings. The Labute approximate surface area is 126 Å². The topological polar surface area (TPSA) is 41.1 Å². The zero-order valence-corrected chi connectivity index (χ0v) is 12.6. The molecule has 1 aliphatic heterocycles. The minimum absolute atomic E-state index is 0.121. The fourth-order valence-electron chi connectivity index (χ4n) is 2.55. The first-order valence-electron chi connectivity index (χ1n) is 7.48. The normalized spacial score (nSPS) is 19.4. The number of hydrogen-bond donors (Lipinski definition) is 2. The van der Waals surface area contributed by atoms with E-state index >= 15 is 0 Å². The summed E-state index contributed by atoms with van der Waals surface area (Å²) in [6, 6.07) is 8.13. The van der Waals surface area contributed by atoms with Crippen LogP contribution in [0.5, 0.6) is 0 Å². The molecule has 0 spiro atoms. The highest BCUT2D eigenvalue weighted by Gasteiger charge is 2.12. The van der Waals surface area contributed by atoms with Crippen molar-refractivity contribution in [2.45, 2.75) is 44.6 Å².